The van der Waals surface area contributed by atoms with E-state index in [-0.39, 0.29) is 0 Å². The molecular formula is C20H13N. The van der Waals surface area contributed by atoms with E-state index in [0.717, 1.165) is 11.9 Å². The van der Waals surface area contributed by atoms with E-state index in [1.54, 1.807) is 0 Å². The number of benzene rings is 3. The van der Waals surface area contributed by atoms with Gasteiger partial charge in [-0.3, -0.25) is 4.98 Å². The standard InChI is InChI=1S/C20H13N/c1-2-6-16-13(5-1)9-14-10-15-12-21-20-8-4-3-7-17(20)19(15)11-18(14)16/h1-8,10-12H,9H2. The van der Waals surface area contributed by atoms with Crippen LogP contribution in [0.5, 0.6) is 0 Å². The van der Waals surface area contributed by atoms with Crippen molar-refractivity contribution >= 4 is 21.7 Å². The predicted molar refractivity (Wildman–Crippen MR) is 87.5 cm³/mol. The summed E-state index contributed by atoms with van der Waals surface area (Å²) in [6.45, 7) is 0. The third kappa shape index (κ3) is 1.49. The molecule has 1 aliphatic rings. The molecule has 0 saturated heterocycles. The van der Waals surface area contributed by atoms with E-state index in [1.807, 2.05) is 12.3 Å². The topological polar surface area (TPSA) is 12.9 Å². The zero-order valence-electron chi connectivity index (χ0n) is 11.5. The number of nitrogens with zero attached hydrogens (tertiary/aromatic N) is 1. The molecule has 1 heterocycles. The van der Waals surface area contributed by atoms with Gasteiger partial charge in [0.1, 0.15) is 0 Å². The number of pyridine rings is 1. The second-order valence-corrected chi connectivity index (χ2v) is 5.71. The number of rotatable bonds is 0. The van der Waals surface area contributed by atoms with Crippen molar-refractivity contribution in [2.24, 2.45) is 0 Å². The summed E-state index contributed by atoms with van der Waals surface area (Å²) in [5.74, 6) is 0. The van der Waals surface area contributed by atoms with Gasteiger partial charge in [0.25, 0.3) is 0 Å². The number of fused-ring (bicyclic) bond motifs is 6. The summed E-state index contributed by atoms with van der Waals surface area (Å²) in [4.78, 5) is 4.58. The van der Waals surface area contributed by atoms with Gasteiger partial charge in [0.15, 0.2) is 0 Å². The van der Waals surface area contributed by atoms with Gasteiger partial charge in [-0.15, -0.1) is 0 Å². The summed E-state index contributed by atoms with van der Waals surface area (Å²) < 4.78 is 0. The molecule has 0 aliphatic heterocycles. The van der Waals surface area contributed by atoms with Gasteiger partial charge in [-0.05, 0) is 52.3 Å². The highest BCUT2D eigenvalue weighted by atomic mass is 14.6. The van der Waals surface area contributed by atoms with Gasteiger partial charge in [-0.2, -0.15) is 0 Å². The number of aromatic nitrogens is 1. The molecule has 0 bridgehead atoms. The van der Waals surface area contributed by atoms with Crippen LogP contribution in [0, 0.1) is 0 Å². The van der Waals surface area contributed by atoms with Crippen LogP contribution >= 0.6 is 0 Å². The molecule has 0 unspecified atom stereocenters. The highest BCUT2D eigenvalue weighted by Gasteiger charge is 2.18. The molecule has 5 rings (SSSR count). The first-order chi connectivity index (χ1) is 10.4. The summed E-state index contributed by atoms with van der Waals surface area (Å²) in [7, 11) is 0. The fraction of sp³-hybridized carbons (Fsp3) is 0.0500. The molecule has 21 heavy (non-hydrogen) atoms. The van der Waals surface area contributed by atoms with E-state index in [0.29, 0.717) is 0 Å². The molecule has 3 aromatic carbocycles. The third-order valence-corrected chi connectivity index (χ3v) is 4.50. The zero-order chi connectivity index (χ0) is 13.8. The molecule has 0 radical (unpaired) electrons. The molecule has 0 amide bonds. The highest BCUT2D eigenvalue weighted by molar-refractivity contribution is 6.07. The fourth-order valence-corrected chi connectivity index (χ4v) is 3.50. The van der Waals surface area contributed by atoms with Crippen molar-refractivity contribution in [2.75, 3.05) is 0 Å². The van der Waals surface area contributed by atoms with Crippen LogP contribution in [0.15, 0.2) is 66.9 Å². The Kier molecular flexibility index (Phi) is 2.06. The summed E-state index contributed by atoms with van der Waals surface area (Å²) >= 11 is 0. The normalized spacial score (nSPS) is 12.6. The molecule has 0 atom stereocenters. The minimum Gasteiger partial charge on any atom is -0.256 e. The Morgan fingerprint density at radius 1 is 0.714 bits per heavy atom. The molecule has 1 aliphatic carbocycles. The first-order valence-electron chi connectivity index (χ1n) is 7.29. The average molecular weight is 267 g/mol. The lowest BCUT2D eigenvalue weighted by Gasteiger charge is -2.07. The lowest BCUT2D eigenvalue weighted by atomic mass is 9.99. The van der Waals surface area contributed by atoms with Crippen molar-refractivity contribution in [1.29, 1.82) is 0 Å². The molecule has 0 fully saturated rings. The minimum absolute atomic E-state index is 1.04. The van der Waals surface area contributed by atoms with Crippen molar-refractivity contribution in [3.8, 4) is 11.1 Å². The smallest absolute Gasteiger partial charge is 0.0708 e. The van der Waals surface area contributed by atoms with E-state index in [1.165, 1.54) is 38.4 Å². The lowest BCUT2D eigenvalue weighted by Crippen LogP contribution is -1.85. The fourth-order valence-electron chi connectivity index (χ4n) is 3.50. The molecule has 0 N–H and O–H groups in total. The Morgan fingerprint density at radius 2 is 1.57 bits per heavy atom. The monoisotopic (exact) mass is 267 g/mol. The molecule has 1 nitrogen and oxygen atoms in total. The van der Waals surface area contributed by atoms with Crippen molar-refractivity contribution < 1.29 is 0 Å². The van der Waals surface area contributed by atoms with E-state index < -0.39 is 0 Å². The lowest BCUT2D eigenvalue weighted by molar-refractivity contribution is 1.27. The summed E-state index contributed by atoms with van der Waals surface area (Å²) in [5, 5.41) is 3.78. The van der Waals surface area contributed by atoms with E-state index in [4.69, 9.17) is 0 Å². The molecule has 4 aromatic rings. The largest absolute Gasteiger partial charge is 0.256 e. The number of para-hydroxylation sites is 1. The Morgan fingerprint density at radius 3 is 2.57 bits per heavy atom. The maximum absolute atomic E-state index is 4.58. The highest BCUT2D eigenvalue weighted by Crippen LogP contribution is 2.39. The molecule has 0 spiro atoms. The van der Waals surface area contributed by atoms with Crippen molar-refractivity contribution in [2.45, 2.75) is 6.42 Å². The summed E-state index contributed by atoms with van der Waals surface area (Å²) in [6.07, 6.45) is 3.04. The van der Waals surface area contributed by atoms with Gasteiger partial charge in [-0.1, -0.05) is 42.5 Å². The Labute approximate surface area is 122 Å². The van der Waals surface area contributed by atoms with E-state index in [2.05, 4.69) is 59.6 Å². The van der Waals surface area contributed by atoms with Crippen LogP contribution in [-0.2, 0) is 6.42 Å². The van der Waals surface area contributed by atoms with Crippen LogP contribution < -0.4 is 0 Å². The van der Waals surface area contributed by atoms with Crippen molar-refractivity contribution in [3.05, 3.63) is 78.0 Å². The van der Waals surface area contributed by atoms with E-state index >= 15 is 0 Å². The first-order valence-corrected chi connectivity index (χ1v) is 7.29. The van der Waals surface area contributed by atoms with Crippen LogP contribution in [0.25, 0.3) is 32.8 Å². The van der Waals surface area contributed by atoms with E-state index in [9.17, 15) is 0 Å². The van der Waals surface area contributed by atoms with Crippen LogP contribution in [0.2, 0.25) is 0 Å². The molecule has 1 aromatic heterocycles. The Hall–Kier alpha value is -2.67. The molecule has 1 heteroatoms. The maximum atomic E-state index is 4.58. The third-order valence-electron chi connectivity index (χ3n) is 4.50. The van der Waals surface area contributed by atoms with Gasteiger partial charge in [0.2, 0.25) is 0 Å². The molecular weight excluding hydrogens is 254 g/mol. The average Bonchev–Trinajstić information content (AvgIpc) is 2.90. The van der Waals surface area contributed by atoms with Crippen LogP contribution in [0.4, 0.5) is 0 Å². The van der Waals surface area contributed by atoms with Crippen LogP contribution in [0.3, 0.4) is 0 Å². The minimum atomic E-state index is 1.04. The van der Waals surface area contributed by atoms with Gasteiger partial charge >= 0.3 is 0 Å². The van der Waals surface area contributed by atoms with Gasteiger partial charge in [-0.25, -0.2) is 0 Å². The van der Waals surface area contributed by atoms with Crippen LogP contribution in [-0.4, -0.2) is 4.98 Å². The van der Waals surface area contributed by atoms with Gasteiger partial charge < -0.3 is 0 Å². The summed E-state index contributed by atoms with van der Waals surface area (Å²) in [6, 6.07) is 21.8. The Balaban J connectivity index is 1.92. The maximum Gasteiger partial charge on any atom is 0.0708 e. The zero-order valence-corrected chi connectivity index (χ0v) is 11.5. The summed E-state index contributed by atoms with van der Waals surface area (Å²) in [5.41, 5.74) is 6.68. The first kappa shape index (κ1) is 11.0. The second-order valence-electron chi connectivity index (χ2n) is 5.71. The van der Waals surface area contributed by atoms with Gasteiger partial charge in [0, 0.05) is 17.0 Å². The molecule has 98 valence electrons. The molecule has 0 saturated carbocycles. The second kappa shape index (κ2) is 3.92. The van der Waals surface area contributed by atoms with Gasteiger partial charge in [0.05, 0.1) is 5.52 Å². The number of hydrogen-bond acceptors (Lipinski definition) is 1. The quantitative estimate of drug-likeness (QED) is 0.361. The number of hydrogen-bond donors (Lipinski definition) is 0. The predicted octanol–water partition coefficient (Wildman–Crippen LogP) is 4.96. The Bertz CT molecular complexity index is 1010. The van der Waals surface area contributed by atoms with Crippen molar-refractivity contribution in [1.82, 2.24) is 4.98 Å². The van der Waals surface area contributed by atoms with Crippen LogP contribution in [0.1, 0.15) is 11.1 Å². The SMILES string of the molecule is c1ccc2c(c1)Cc1cc3cnc4ccccc4c3cc1-2. The van der Waals surface area contributed by atoms with Crippen molar-refractivity contribution in [3.63, 3.8) is 0 Å².